The highest BCUT2D eigenvalue weighted by atomic mass is 32.2. The van der Waals surface area contributed by atoms with E-state index in [9.17, 15) is 8.42 Å². The summed E-state index contributed by atoms with van der Waals surface area (Å²) < 4.78 is 38.0. The molecule has 0 aliphatic rings. The van der Waals surface area contributed by atoms with Crippen LogP contribution in [0.15, 0.2) is 33.7 Å². The van der Waals surface area contributed by atoms with Crippen molar-refractivity contribution in [3.8, 4) is 0 Å². The van der Waals surface area contributed by atoms with Gasteiger partial charge in [0.05, 0.1) is 19.3 Å². The van der Waals surface area contributed by atoms with E-state index >= 15 is 0 Å². The van der Waals surface area contributed by atoms with Crippen LogP contribution >= 0.6 is 0 Å². The summed E-state index contributed by atoms with van der Waals surface area (Å²) in [6.07, 6.45) is -0.506. The summed E-state index contributed by atoms with van der Waals surface area (Å²) in [7, 11) is -3.76. The number of aliphatic hydroxyl groups excluding tert-OH is 1. The van der Waals surface area contributed by atoms with Gasteiger partial charge in [-0.2, -0.15) is 0 Å². The van der Waals surface area contributed by atoms with Crippen molar-refractivity contribution in [2.45, 2.75) is 31.8 Å². The van der Waals surface area contributed by atoms with Crippen molar-refractivity contribution in [1.82, 2.24) is 9.88 Å². The van der Waals surface area contributed by atoms with Gasteiger partial charge >= 0.3 is 0 Å². The Morgan fingerprint density at radius 3 is 2.46 bits per heavy atom. The van der Waals surface area contributed by atoms with Gasteiger partial charge in [-0.3, -0.25) is 0 Å². The lowest BCUT2D eigenvalue weighted by Crippen LogP contribution is -2.30. The molecule has 1 heterocycles. The lowest BCUT2D eigenvalue weighted by molar-refractivity contribution is 0.0309. The lowest BCUT2D eigenvalue weighted by Gasteiger charge is -2.19. The van der Waals surface area contributed by atoms with Gasteiger partial charge in [-0.25, -0.2) is 13.1 Å². The maximum Gasteiger partial charge on any atom is 0.246 e. The van der Waals surface area contributed by atoms with E-state index in [2.05, 4.69) is 9.88 Å². The number of hydrogen-bond donors (Lipinski definition) is 2. The molecule has 0 saturated carbocycles. The summed E-state index contributed by atoms with van der Waals surface area (Å²) in [4.78, 5) is 0.0484. The van der Waals surface area contributed by atoms with E-state index < -0.39 is 16.1 Å². The van der Waals surface area contributed by atoms with Crippen molar-refractivity contribution in [3.05, 3.63) is 46.8 Å². The second-order valence-corrected chi connectivity index (χ2v) is 7.20. The van der Waals surface area contributed by atoms with Crippen LogP contribution in [0.2, 0.25) is 0 Å². The van der Waals surface area contributed by atoms with Crippen molar-refractivity contribution >= 4 is 10.0 Å². The van der Waals surface area contributed by atoms with Gasteiger partial charge in [0.2, 0.25) is 10.0 Å². The number of hydrogen-bond acceptors (Lipinski definition) is 6. The van der Waals surface area contributed by atoms with E-state index in [1.165, 1.54) is 0 Å². The molecule has 0 saturated heterocycles. The molecule has 2 N–H and O–H groups in total. The van der Waals surface area contributed by atoms with Gasteiger partial charge in [-0.1, -0.05) is 35.0 Å². The summed E-state index contributed by atoms with van der Waals surface area (Å²) >= 11 is 0. The van der Waals surface area contributed by atoms with Gasteiger partial charge in [0.15, 0.2) is 5.76 Å². The Bertz CT molecular complexity index is 749. The largest absolute Gasteiger partial charge is 0.394 e. The number of nitrogens with zero attached hydrogens (tertiary/aromatic N) is 1. The number of aryl methyl sites for hydroxylation is 3. The predicted molar refractivity (Wildman–Crippen MR) is 88.1 cm³/mol. The van der Waals surface area contributed by atoms with Crippen molar-refractivity contribution in [2.24, 2.45) is 0 Å². The van der Waals surface area contributed by atoms with E-state index in [0.29, 0.717) is 5.69 Å². The average molecular weight is 354 g/mol. The predicted octanol–water partition coefficient (Wildman–Crippen LogP) is 1.63. The van der Waals surface area contributed by atoms with E-state index in [1.54, 1.807) is 13.8 Å². The first-order valence-electron chi connectivity index (χ1n) is 7.56. The first kappa shape index (κ1) is 18.6. The summed E-state index contributed by atoms with van der Waals surface area (Å²) in [6, 6.07) is 7.60. The second-order valence-electron chi connectivity index (χ2n) is 5.50. The van der Waals surface area contributed by atoms with Crippen LogP contribution in [0.1, 0.15) is 28.7 Å². The molecule has 0 fully saturated rings. The van der Waals surface area contributed by atoms with Crippen molar-refractivity contribution in [3.63, 3.8) is 0 Å². The number of aliphatic hydroxyl groups is 1. The molecule has 8 heteroatoms. The maximum atomic E-state index is 12.5. The zero-order chi connectivity index (χ0) is 17.7. The molecule has 132 valence electrons. The molecule has 1 aromatic heterocycles. The minimum atomic E-state index is -3.76. The molecule has 24 heavy (non-hydrogen) atoms. The first-order valence-corrected chi connectivity index (χ1v) is 9.05. The Morgan fingerprint density at radius 1 is 1.25 bits per heavy atom. The van der Waals surface area contributed by atoms with E-state index in [1.807, 2.05) is 31.2 Å². The highest BCUT2D eigenvalue weighted by Crippen LogP contribution is 2.21. The van der Waals surface area contributed by atoms with E-state index in [4.69, 9.17) is 14.4 Å². The smallest absolute Gasteiger partial charge is 0.246 e. The molecule has 1 unspecified atom stereocenters. The average Bonchev–Trinajstić information content (AvgIpc) is 2.88. The normalized spacial score (nSPS) is 13.2. The molecule has 1 atom stereocenters. The summed E-state index contributed by atoms with van der Waals surface area (Å²) in [5.41, 5.74) is 2.23. The van der Waals surface area contributed by atoms with Gasteiger partial charge in [-0.15, -0.1) is 0 Å². The topological polar surface area (TPSA) is 102 Å². The quantitative estimate of drug-likeness (QED) is 0.747. The zero-order valence-corrected chi connectivity index (χ0v) is 14.8. The van der Waals surface area contributed by atoms with Crippen molar-refractivity contribution in [1.29, 1.82) is 0 Å². The van der Waals surface area contributed by atoms with E-state index in [-0.39, 0.29) is 30.4 Å². The Kier molecular flexibility index (Phi) is 6.11. The highest BCUT2D eigenvalue weighted by Gasteiger charge is 2.25. The molecule has 2 rings (SSSR count). The van der Waals surface area contributed by atoms with Crippen LogP contribution in [0.3, 0.4) is 0 Å². The van der Waals surface area contributed by atoms with E-state index in [0.717, 1.165) is 11.1 Å². The van der Waals surface area contributed by atoms with Gasteiger partial charge in [-0.05, 0) is 26.3 Å². The second kappa shape index (κ2) is 7.89. The SMILES string of the molecule is Cc1ccc(C(CNS(=O)(=O)c2c(C)noc2C)OCCO)cc1. The van der Waals surface area contributed by atoms with Crippen molar-refractivity contribution < 1.29 is 22.8 Å². The number of aromatic nitrogens is 1. The number of nitrogens with one attached hydrogen (secondary N) is 1. The maximum absolute atomic E-state index is 12.5. The van der Waals surface area contributed by atoms with Gasteiger partial charge in [0.1, 0.15) is 10.6 Å². The van der Waals surface area contributed by atoms with Crippen molar-refractivity contribution in [2.75, 3.05) is 19.8 Å². The molecule has 2 aromatic rings. The Labute approximate surface area is 141 Å². The molecule has 0 amide bonds. The van der Waals surface area contributed by atoms with Crippen LogP contribution in [-0.2, 0) is 14.8 Å². The van der Waals surface area contributed by atoms with Crippen LogP contribution in [0.4, 0.5) is 0 Å². The monoisotopic (exact) mass is 354 g/mol. The molecule has 0 aliphatic carbocycles. The minimum absolute atomic E-state index is 0.0372. The fourth-order valence-electron chi connectivity index (χ4n) is 2.36. The molecule has 1 aromatic carbocycles. The number of benzene rings is 1. The summed E-state index contributed by atoms with van der Waals surface area (Å²) in [6.45, 7) is 5.10. The summed E-state index contributed by atoms with van der Waals surface area (Å²) in [5.74, 6) is 0.239. The van der Waals surface area contributed by atoms with Gasteiger partial charge in [0, 0.05) is 6.54 Å². The van der Waals surface area contributed by atoms with Gasteiger partial charge in [0.25, 0.3) is 0 Å². The van der Waals surface area contributed by atoms with Gasteiger partial charge < -0.3 is 14.4 Å². The number of rotatable bonds is 8. The number of ether oxygens (including phenoxy) is 1. The molecular weight excluding hydrogens is 332 g/mol. The summed E-state index contributed by atoms with van der Waals surface area (Å²) in [5, 5.41) is 12.6. The number of sulfonamides is 1. The Balaban J connectivity index is 2.16. The third kappa shape index (κ3) is 4.41. The van der Waals surface area contributed by atoms with Crippen LogP contribution in [0.5, 0.6) is 0 Å². The third-order valence-electron chi connectivity index (χ3n) is 3.55. The van der Waals surface area contributed by atoms with Crippen LogP contribution in [-0.4, -0.2) is 38.4 Å². The standard InChI is InChI=1S/C16H22N2O5S/c1-11-4-6-14(7-5-11)15(22-9-8-19)10-17-24(20,21)16-12(2)18-23-13(16)3/h4-7,15,17,19H,8-10H2,1-3H3. The molecule has 0 aliphatic heterocycles. The third-order valence-corrected chi connectivity index (χ3v) is 5.22. The molecule has 0 radical (unpaired) electrons. The highest BCUT2D eigenvalue weighted by molar-refractivity contribution is 7.89. The Hall–Kier alpha value is -1.74. The zero-order valence-electron chi connectivity index (χ0n) is 13.9. The first-order chi connectivity index (χ1) is 11.3. The lowest BCUT2D eigenvalue weighted by atomic mass is 10.1. The van der Waals surface area contributed by atoms with Crippen LogP contribution in [0, 0.1) is 20.8 Å². The molecule has 0 spiro atoms. The van der Waals surface area contributed by atoms with Crippen LogP contribution in [0.25, 0.3) is 0 Å². The molecule has 0 bridgehead atoms. The minimum Gasteiger partial charge on any atom is -0.394 e. The Morgan fingerprint density at radius 2 is 1.92 bits per heavy atom. The fourth-order valence-corrected chi connectivity index (χ4v) is 3.72. The van der Waals surface area contributed by atoms with Crippen LogP contribution < -0.4 is 4.72 Å². The fraction of sp³-hybridized carbons (Fsp3) is 0.438. The molecular formula is C16H22N2O5S. The molecule has 7 nitrogen and oxygen atoms in total.